The monoisotopic (exact) mass is 341 g/mol. The molecule has 0 fully saturated rings. The minimum absolute atomic E-state index is 0.0185. The van der Waals surface area contributed by atoms with Gasteiger partial charge in [0.25, 0.3) is 5.91 Å². The molecule has 6 heteroatoms. The van der Waals surface area contributed by atoms with Gasteiger partial charge in [-0.15, -0.1) is 0 Å². The Morgan fingerprint density at radius 1 is 0.960 bits per heavy atom. The summed E-state index contributed by atoms with van der Waals surface area (Å²) in [5, 5.41) is 5.47. The number of ether oxygens (including phenoxy) is 1. The van der Waals surface area contributed by atoms with E-state index >= 15 is 0 Å². The molecular weight excluding hydrogens is 318 g/mol. The van der Waals surface area contributed by atoms with Gasteiger partial charge < -0.3 is 20.3 Å². The normalized spacial score (nSPS) is 10.0. The van der Waals surface area contributed by atoms with Crippen molar-refractivity contribution in [3.63, 3.8) is 0 Å². The summed E-state index contributed by atoms with van der Waals surface area (Å²) in [7, 11) is 1.55. The zero-order valence-electron chi connectivity index (χ0n) is 14.7. The maximum absolute atomic E-state index is 12.3. The van der Waals surface area contributed by atoms with Crippen LogP contribution in [0.5, 0.6) is 5.75 Å². The topological polar surface area (TPSA) is 70.7 Å². The third-order valence-corrected chi connectivity index (χ3v) is 3.80. The maximum atomic E-state index is 12.3. The molecule has 0 aliphatic heterocycles. The smallest absolute Gasteiger partial charge is 0.323 e. The zero-order valence-corrected chi connectivity index (χ0v) is 14.7. The van der Waals surface area contributed by atoms with Crippen LogP contribution >= 0.6 is 0 Å². The molecule has 0 saturated heterocycles. The molecule has 0 radical (unpaired) electrons. The second-order valence-corrected chi connectivity index (χ2v) is 5.33. The number of nitrogens with zero attached hydrogens (tertiary/aromatic N) is 1. The fourth-order valence-corrected chi connectivity index (χ4v) is 2.42. The molecule has 0 aliphatic carbocycles. The van der Waals surface area contributed by atoms with Gasteiger partial charge in [0, 0.05) is 24.3 Å². The van der Waals surface area contributed by atoms with Crippen LogP contribution in [0.3, 0.4) is 0 Å². The molecule has 0 aromatic heterocycles. The first-order chi connectivity index (χ1) is 12.1. The van der Waals surface area contributed by atoms with Crippen LogP contribution in [-0.2, 0) is 0 Å². The lowest BCUT2D eigenvalue weighted by Crippen LogP contribution is -2.30. The van der Waals surface area contributed by atoms with Gasteiger partial charge in [0.1, 0.15) is 5.75 Å². The lowest BCUT2D eigenvalue weighted by atomic mass is 10.2. The largest absolute Gasteiger partial charge is 0.495 e. The highest BCUT2D eigenvalue weighted by Crippen LogP contribution is 2.23. The van der Waals surface area contributed by atoms with Crippen molar-refractivity contribution in [1.82, 2.24) is 4.90 Å². The van der Waals surface area contributed by atoms with Gasteiger partial charge >= 0.3 is 6.03 Å². The Kier molecular flexibility index (Phi) is 6.39. The summed E-state index contributed by atoms with van der Waals surface area (Å²) >= 11 is 0. The zero-order chi connectivity index (χ0) is 18.2. The van der Waals surface area contributed by atoms with Gasteiger partial charge in [0.2, 0.25) is 0 Å². The number of benzene rings is 2. The number of amides is 3. The van der Waals surface area contributed by atoms with E-state index in [9.17, 15) is 9.59 Å². The van der Waals surface area contributed by atoms with Gasteiger partial charge in [-0.25, -0.2) is 4.79 Å². The molecule has 0 atom stereocenters. The molecule has 6 nitrogen and oxygen atoms in total. The number of anilines is 2. The number of rotatable bonds is 6. The summed E-state index contributed by atoms with van der Waals surface area (Å²) in [6.07, 6.45) is 0. The lowest BCUT2D eigenvalue weighted by molar-refractivity contribution is 0.0773. The number of urea groups is 1. The summed E-state index contributed by atoms with van der Waals surface area (Å²) in [6.45, 7) is 5.21. The molecule has 0 bridgehead atoms. The van der Waals surface area contributed by atoms with Crippen molar-refractivity contribution < 1.29 is 14.3 Å². The standard InChI is InChI=1S/C19H23N3O3/c1-4-22(5-2)18(23)14-10-12-15(13-11-14)20-19(24)21-16-8-6-7-9-17(16)25-3/h6-13H,4-5H2,1-3H3,(H2,20,21,24). The number of hydrogen-bond acceptors (Lipinski definition) is 3. The summed E-state index contributed by atoms with van der Waals surface area (Å²) < 4.78 is 5.20. The Labute approximate surface area is 147 Å². The summed E-state index contributed by atoms with van der Waals surface area (Å²) in [5.74, 6) is 0.563. The molecule has 3 amide bonds. The number of hydrogen-bond donors (Lipinski definition) is 2. The van der Waals surface area contributed by atoms with Gasteiger partial charge in [-0.1, -0.05) is 12.1 Å². The summed E-state index contributed by atoms with van der Waals surface area (Å²) in [4.78, 5) is 26.1. The molecule has 0 aliphatic rings. The van der Waals surface area contributed by atoms with E-state index in [1.54, 1.807) is 48.4 Å². The second kappa shape index (κ2) is 8.73. The van der Waals surface area contributed by atoms with Crippen LogP contribution in [0.1, 0.15) is 24.2 Å². The highest BCUT2D eigenvalue weighted by Gasteiger charge is 2.12. The third kappa shape index (κ3) is 4.73. The summed E-state index contributed by atoms with van der Waals surface area (Å²) in [5.41, 5.74) is 1.78. The number of methoxy groups -OCH3 is 1. The number of carbonyl (C=O) groups excluding carboxylic acids is 2. The molecule has 2 N–H and O–H groups in total. The Morgan fingerprint density at radius 3 is 2.20 bits per heavy atom. The van der Waals surface area contributed by atoms with Gasteiger partial charge in [-0.05, 0) is 50.2 Å². The minimum Gasteiger partial charge on any atom is -0.495 e. The lowest BCUT2D eigenvalue weighted by Gasteiger charge is -2.18. The van der Waals surface area contributed by atoms with E-state index in [0.717, 1.165) is 0 Å². The van der Waals surface area contributed by atoms with Crippen molar-refractivity contribution in [3.05, 3.63) is 54.1 Å². The van der Waals surface area contributed by atoms with E-state index in [2.05, 4.69) is 10.6 Å². The van der Waals surface area contributed by atoms with Crippen molar-refractivity contribution in [2.75, 3.05) is 30.8 Å². The van der Waals surface area contributed by atoms with Gasteiger partial charge in [0.05, 0.1) is 12.8 Å². The Balaban J connectivity index is 2.01. The van der Waals surface area contributed by atoms with Crippen LogP contribution < -0.4 is 15.4 Å². The number of nitrogens with one attached hydrogen (secondary N) is 2. The van der Waals surface area contributed by atoms with Crippen molar-refractivity contribution in [1.29, 1.82) is 0 Å². The van der Waals surface area contributed by atoms with Gasteiger partial charge in [-0.2, -0.15) is 0 Å². The minimum atomic E-state index is -0.382. The predicted octanol–water partition coefficient (Wildman–Crippen LogP) is 3.82. The average Bonchev–Trinajstić information content (AvgIpc) is 2.63. The van der Waals surface area contributed by atoms with Crippen molar-refractivity contribution >= 4 is 23.3 Å². The molecule has 2 rings (SSSR count). The molecule has 0 heterocycles. The van der Waals surface area contributed by atoms with Crippen LogP contribution in [0.25, 0.3) is 0 Å². The highest BCUT2D eigenvalue weighted by molar-refractivity contribution is 6.01. The van der Waals surface area contributed by atoms with E-state index in [1.165, 1.54) is 0 Å². The van der Waals surface area contributed by atoms with Crippen LogP contribution in [0.2, 0.25) is 0 Å². The molecule has 25 heavy (non-hydrogen) atoms. The SMILES string of the molecule is CCN(CC)C(=O)c1ccc(NC(=O)Nc2ccccc2OC)cc1. The first kappa shape index (κ1) is 18.3. The van der Waals surface area contributed by atoms with E-state index in [4.69, 9.17) is 4.74 Å². The quantitative estimate of drug-likeness (QED) is 0.839. The van der Waals surface area contributed by atoms with Crippen molar-refractivity contribution in [2.24, 2.45) is 0 Å². The maximum Gasteiger partial charge on any atom is 0.323 e. The highest BCUT2D eigenvalue weighted by atomic mass is 16.5. The van der Waals surface area contributed by atoms with Crippen molar-refractivity contribution in [2.45, 2.75) is 13.8 Å². The molecule has 0 unspecified atom stereocenters. The van der Waals surface area contributed by atoms with Gasteiger partial charge in [-0.3, -0.25) is 4.79 Å². The van der Waals surface area contributed by atoms with Crippen LogP contribution in [0.4, 0.5) is 16.2 Å². The van der Waals surface area contributed by atoms with Crippen LogP contribution in [0.15, 0.2) is 48.5 Å². The molecule has 0 saturated carbocycles. The van der Waals surface area contributed by atoms with Crippen molar-refractivity contribution in [3.8, 4) is 5.75 Å². The van der Waals surface area contributed by atoms with E-state index in [-0.39, 0.29) is 11.9 Å². The second-order valence-electron chi connectivity index (χ2n) is 5.33. The fraction of sp³-hybridized carbons (Fsp3) is 0.263. The molecular formula is C19H23N3O3. The average molecular weight is 341 g/mol. The number of carbonyl (C=O) groups is 2. The Morgan fingerprint density at radius 2 is 1.60 bits per heavy atom. The third-order valence-electron chi connectivity index (χ3n) is 3.80. The first-order valence-electron chi connectivity index (χ1n) is 8.19. The predicted molar refractivity (Wildman–Crippen MR) is 99.3 cm³/mol. The van der Waals surface area contributed by atoms with E-state index in [1.807, 2.05) is 26.0 Å². The molecule has 2 aromatic rings. The van der Waals surface area contributed by atoms with E-state index in [0.29, 0.717) is 35.8 Å². The van der Waals surface area contributed by atoms with Crippen LogP contribution in [-0.4, -0.2) is 37.0 Å². The van der Waals surface area contributed by atoms with Gasteiger partial charge in [0.15, 0.2) is 0 Å². The molecule has 2 aromatic carbocycles. The Hall–Kier alpha value is -3.02. The molecule has 0 spiro atoms. The number of para-hydroxylation sites is 2. The Bertz CT molecular complexity index is 725. The first-order valence-corrected chi connectivity index (χ1v) is 8.19. The van der Waals surface area contributed by atoms with Crippen LogP contribution in [0, 0.1) is 0 Å². The molecule has 132 valence electrons. The fourth-order valence-electron chi connectivity index (χ4n) is 2.42. The van der Waals surface area contributed by atoms with E-state index < -0.39 is 0 Å². The summed E-state index contributed by atoms with van der Waals surface area (Å²) in [6, 6.07) is 13.6.